The van der Waals surface area contributed by atoms with Gasteiger partial charge in [0.1, 0.15) is 5.56 Å². The maximum absolute atomic E-state index is 11.1. The van der Waals surface area contributed by atoms with Gasteiger partial charge in [0, 0.05) is 38.4 Å². The summed E-state index contributed by atoms with van der Waals surface area (Å²) >= 11 is 0. The van der Waals surface area contributed by atoms with Crippen molar-refractivity contribution in [1.29, 1.82) is 0 Å². The molecule has 0 aliphatic carbocycles. The van der Waals surface area contributed by atoms with Gasteiger partial charge in [-0.15, -0.1) is 0 Å². The van der Waals surface area contributed by atoms with Crippen LogP contribution < -0.4 is 0 Å². The van der Waals surface area contributed by atoms with Gasteiger partial charge < -0.3 is 10.0 Å². The third-order valence-corrected chi connectivity index (χ3v) is 3.19. The molecule has 0 fully saturated rings. The minimum atomic E-state index is -0.939. The van der Waals surface area contributed by atoms with Gasteiger partial charge in [0.05, 0.1) is 11.9 Å². The minimum Gasteiger partial charge on any atom is -0.478 e. The lowest BCUT2D eigenvalue weighted by molar-refractivity contribution is 0.0694. The summed E-state index contributed by atoms with van der Waals surface area (Å²) in [5.41, 5.74) is 2.00. The number of aryl methyl sites for hydroxylation is 1. The summed E-state index contributed by atoms with van der Waals surface area (Å²) in [7, 11) is 3.72. The van der Waals surface area contributed by atoms with E-state index in [1.54, 1.807) is 17.9 Å². The molecule has 2 rings (SSSR count). The Labute approximate surface area is 117 Å². The van der Waals surface area contributed by atoms with E-state index in [1.807, 2.05) is 25.2 Å². The van der Waals surface area contributed by atoms with Crippen LogP contribution in [0.3, 0.4) is 0 Å². The van der Waals surface area contributed by atoms with Gasteiger partial charge in [-0.2, -0.15) is 5.10 Å². The number of pyridine rings is 1. The smallest absolute Gasteiger partial charge is 0.339 e. The van der Waals surface area contributed by atoms with Crippen LogP contribution in [0.4, 0.5) is 0 Å². The van der Waals surface area contributed by atoms with Crippen LogP contribution >= 0.6 is 0 Å². The molecule has 0 amide bonds. The molecule has 1 N–H and O–H groups in total. The number of aromatic carboxylic acids is 1. The van der Waals surface area contributed by atoms with Crippen molar-refractivity contribution in [2.75, 3.05) is 13.6 Å². The number of carbonyl (C=O) groups is 1. The molecule has 0 aliphatic rings. The van der Waals surface area contributed by atoms with Gasteiger partial charge >= 0.3 is 5.97 Å². The highest BCUT2D eigenvalue weighted by Gasteiger charge is 2.16. The van der Waals surface area contributed by atoms with Crippen molar-refractivity contribution in [2.45, 2.75) is 13.0 Å². The molecule has 0 atom stereocenters. The fourth-order valence-corrected chi connectivity index (χ4v) is 2.02. The number of carboxylic acids is 1. The molecule has 0 saturated carbocycles. The predicted octanol–water partition coefficient (Wildman–Crippen LogP) is 1.19. The van der Waals surface area contributed by atoms with Gasteiger partial charge in [-0.1, -0.05) is 6.07 Å². The maximum atomic E-state index is 11.1. The first-order valence-electron chi connectivity index (χ1n) is 6.40. The Balaban J connectivity index is 1.96. The molecule has 0 saturated heterocycles. The van der Waals surface area contributed by atoms with Crippen LogP contribution in [0, 0.1) is 0 Å². The van der Waals surface area contributed by atoms with Crippen LogP contribution in [-0.4, -0.2) is 44.3 Å². The molecule has 0 unspecified atom stereocenters. The molecular weight excluding hydrogens is 256 g/mol. The molecule has 0 bridgehead atoms. The van der Waals surface area contributed by atoms with E-state index in [1.165, 1.54) is 6.20 Å². The van der Waals surface area contributed by atoms with Crippen molar-refractivity contribution < 1.29 is 9.90 Å². The second-order valence-corrected chi connectivity index (χ2v) is 4.74. The quantitative estimate of drug-likeness (QED) is 0.856. The van der Waals surface area contributed by atoms with E-state index >= 15 is 0 Å². The zero-order chi connectivity index (χ0) is 14.5. The highest BCUT2D eigenvalue weighted by molar-refractivity contribution is 5.88. The predicted molar refractivity (Wildman–Crippen MR) is 74.4 cm³/mol. The standard InChI is InChI=1S/C14H18N4O2/c1-17(8-6-11-5-3-4-7-15-11)10-13-12(14(19)20)9-16-18(13)2/h3-5,7,9H,6,8,10H2,1-2H3,(H,19,20). The summed E-state index contributed by atoms with van der Waals surface area (Å²) in [5.74, 6) is -0.939. The maximum Gasteiger partial charge on any atom is 0.339 e. The zero-order valence-electron chi connectivity index (χ0n) is 11.7. The van der Waals surface area contributed by atoms with Crippen molar-refractivity contribution in [3.8, 4) is 0 Å². The Bertz CT molecular complexity index is 580. The van der Waals surface area contributed by atoms with E-state index in [2.05, 4.69) is 15.0 Å². The van der Waals surface area contributed by atoms with Gasteiger partial charge in [0.15, 0.2) is 0 Å². The lowest BCUT2D eigenvalue weighted by Gasteiger charge is -2.17. The SMILES string of the molecule is CN(CCc1ccccn1)Cc1c(C(=O)O)cnn1C. The van der Waals surface area contributed by atoms with Crippen LogP contribution in [0.25, 0.3) is 0 Å². The largest absolute Gasteiger partial charge is 0.478 e. The second kappa shape index (κ2) is 6.29. The van der Waals surface area contributed by atoms with Gasteiger partial charge in [-0.05, 0) is 19.2 Å². The van der Waals surface area contributed by atoms with E-state index in [-0.39, 0.29) is 5.56 Å². The normalized spacial score (nSPS) is 10.9. The molecule has 2 heterocycles. The molecular formula is C14H18N4O2. The summed E-state index contributed by atoms with van der Waals surface area (Å²) in [4.78, 5) is 17.5. The molecule has 20 heavy (non-hydrogen) atoms. The van der Waals surface area contributed by atoms with Crippen molar-refractivity contribution in [3.63, 3.8) is 0 Å². The summed E-state index contributed by atoms with van der Waals surface area (Å²) < 4.78 is 1.61. The molecule has 0 aromatic carbocycles. The van der Waals surface area contributed by atoms with Crippen LogP contribution in [0.15, 0.2) is 30.6 Å². The first-order valence-corrected chi connectivity index (χ1v) is 6.40. The lowest BCUT2D eigenvalue weighted by Crippen LogP contribution is -2.23. The third-order valence-electron chi connectivity index (χ3n) is 3.19. The topological polar surface area (TPSA) is 71.2 Å². The molecule has 0 aliphatic heterocycles. The van der Waals surface area contributed by atoms with Gasteiger partial charge in [0.2, 0.25) is 0 Å². The number of nitrogens with zero attached hydrogens (tertiary/aromatic N) is 4. The van der Waals surface area contributed by atoms with E-state index in [4.69, 9.17) is 5.11 Å². The number of carboxylic acid groups (broad SMARTS) is 1. The van der Waals surface area contributed by atoms with Gasteiger partial charge in [0.25, 0.3) is 0 Å². The van der Waals surface area contributed by atoms with Crippen LogP contribution in [0.1, 0.15) is 21.7 Å². The van der Waals surface area contributed by atoms with Crippen LogP contribution in [0.2, 0.25) is 0 Å². The van der Waals surface area contributed by atoms with Crippen molar-refractivity contribution in [3.05, 3.63) is 47.5 Å². The average Bonchev–Trinajstić information content (AvgIpc) is 2.79. The van der Waals surface area contributed by atoms with Gasteiger partial charge in [-0.25, -0.2) is 4.79 Å². The van der Waals surface area contributed by atoms with E-state index in [9.17, 15) is 4.79 Å². The van der Waals surface area contributed by atoms with Gasteiger partial charge in [-0.3, -0.25) is 9.67 Å². The van der Waals surface area contributed by atoms with E-state index < -0.39 is 5.97 Å². The first-order chi connectivity index (χ1) is 9.58. The third kappa shape index (κ3) is 3.42. The molecule has 6 heteroatoms. The Morgan fingerprint density at radius 1 is 1.45 bits per heavy atom. The fourth-order valence-electron chi connectivity index (χ4n) is 2.02. The monoisotopic (exact) mass is 274 g/mol. The van der Waals surface area contributed by atoms with Crippen molar-refractivity contribution >= 4 is 5.97 Å². The Morgan fingerprint density at radius 3 is 2.90 bits per heavy atom. The van der Waals surface area contributed by atoms with E-state index in [0.29, 0.717) is 12.2 Å². The molecule has 106 valence electrons. The minimum absolute atomic E-state index is 0.261. The number of rotatable bonds is 6. The number of aromatic nitrogens is 3. The fraction of sp³-hybridized carbons (Fsp3) is 0.357. The number of hydrogen-bond donors (Lipinski definition) is 1. The summed E-state index contributed by atoms with van der Waals surface area (Å²) in [6.45, 7) is 1.35. The first kappa shape index (κ1) is 14.2. The van der Waals surface area contributed by atoms with E-state index in [0.717, 1.165) is 18.7 Å². The van der Waals surface area contributed by atoms with Crippen LogP contribution in [0.5, 0.6) is 0 Å². The highest BCUT2D eigenvalue weighted by Crippen LogP contribution is 2.10. The summed E-state index contributed by atoms with van der Waals surface area (Å²) in [6, 6.07) is 5.84. The zero-order valence-corrected chi connectivity index (χ0v) is 11.7. The average molecular weight is 274 g/mol. The second-order valence-electron chi connectivity index (χ2n) is 4.74. The molecule has 2 aromatic heterocycles. The Morgan fingerprint density at radius 2 is 2.25 bits per heavy atom. The van der Waals surface area contributed by atoms with Crippen molar-refractivity contribution in [1.82, 2.24) is 19.7 Å². The Kier molecular flexibility index (Phi) is 4.47. The molecule has 0 spiro atoms. The molecule has 6 nitrogen and oxygen atoms in total. The highest BCUT2D eigenvalue weighted by atomic mass is 16.4. The lowest BCUT2D eigenvalue weighted by atomic mass is 10.2. The molecule has 2 aromatic rings. The summed E-state index contributed by atoms with van der Waals surface area (Å²) in [5, 5.41) is 13.1. The Hall–Kier alpha value is -2.21. The number of hydrogen-bond acceptors (Lipinski definition) is 4. The molecule has 0 radical (unpaired) electrons. The number of likely N-dealkylation sites (N-methyl/N-ethyl adjacent to an activating group) is 1. The van der Waals surface area contributed by atoms with Crippen LogP contribution in [-0.2, 0) is 20.0 Å². The van der Waals surface area contributed by atoms with Crippen molar-refractivity contribution in [2.24, 2.45) is 7.05 Å². The summed E-state index contributed by atoms with van der Waals surface area (Å²) in [6.07, 6.45) is 4.00.